The molecule has 2 aromatic carbocycles. The summed E-state index contributed by atoms with van der Waals surface area (Å²) in [4.78, 5) is 46.2. The highest BCUT2D eigenvalue weighted by Gasteiger charge is 2.32. The van der Waals surface area contributed by atoms with Crippen molar-refractivity contribution in [3.05, 3.63) is 84.7 Å². The van der Waals surface area contributed by atoms with Crippen molar-refractivity contribution in [2.24, 2.45) is 0 Å². The minimum absolute atomic E-state index is 0.00197. The molecule has 10 heteroatoms. The van der Waals surface area contributed by atoms with Gasteiger partial charge in [-0.3, -0.25) is 14.4 Å². The molecule has 0 aliphatic carbocycles. The highest BCUT2D eigenvalue weighted by atomic mass is 35.5. The summed E-state index contributed by atoms with van der Waals surface area (Å²) in [5.41, 5.74) is 3.41. The van der Waals surface area contributed by atoms with Crippen LogP contribution in [0, 0.1) is 0 Å². The van der Waals surface area contributed by atoms with E-state index < -0.39 is 0 Å². The van der Waals surface area contributed by atoms with Gasteiger partial charge in [0.2, 0.25) is 5.95 Å². The minimum atomic E-state index is -0.238. The lowest BCUT2D eigenvalue weighted by Crippen LogP contribution is -2.46. The number of rotatable bonds is 6. The van der Waals surface area contributed by atoms with E-state index in [2.05, 4.69) is 10.6 Å². The molecule has 38 heavy (non-hydrogen) atoms. The lowest BCUT2D eigenvalue weighted by Gasteiger charge is -2.35. The molecular formula is C28H31Cl2N5O3. The lowest BCUT2D eigenvalue weighted by molar-refractivity contribution is 0.0653. The second kappa shape index (κ2) is 11.2. The van der Waals surface area contributed by atoms with Crippen LogP contribution in [0.4, 0.5) is 5.95 Å². The molecule has 2 amide bonds. The van der Waals surface area contributed by atoms with Crippen LogP contribution in [0.3, 0.4) is 0 Å². The monoisotopic (exact) mass is 555 g/mol. The summed E-state index contributed by atoms with van der Waals surface area (Å²) in [6, 6.07) is 9.86. The number of nitrogens with one attached hydrogen (secondary N) is 2. The number of aromatic nitrogens is 2. The van der Waals surface area contributed by atoms with Crippen molar-refractivity contribution < 1.29 is 9.59 Å². The van der Waals surface area contributed by atoms with E-state index in [0.29, 0.717) is 56.9 Å². The Morgan fingerprint density at radius 3 is 2.45 bits per heavy atom. The number of fused-ring (bicyclic) bond motifs is 1. The van der Waals surface area contributed by atoms with Crippen LogP contribution in [0.2, 0.25) is 10.0 Å². The number of hydrogen-bond donors (Lipinski definition) is 2. The first-order chi connectivity index (χ1) is 18.0. The number of aryl methyl sites for hydroxylation is 1. The SMILES string of the molecule is CCc1cc(C(=O)NC)ccc1-n1c(NC(C)C)nc2c(c1=O)C[C@@H](C)N(C(=O)c1ccc(Cl)c(Cl)c1)C2. The van der Waals surface area contributed by atoms with Gasteiger partial charge in [-0.15, -0.1) is 0 Å². The molecule has 1 aliphatic rings. The van der Waals surface area contributed by atoms with E-state index in [9.17, 15) is 14.4 Å². The summed E-state index contributed by atoms with van der Waals surface area (Å²) in [5.74, 6) is -0.00462. The minimum Gasteiger partial charge on any atom is -0.355 e. The predicted octanol–water partition coefficient (Wildman–Crippen LogP) is 4.87. The molecule has 0 fully saturated rings. The summed E-state index contributed by atoms with van der Waals surface area (Å²) in [6.07, 6.45) is 0.973. The van der Waals surface area contributed by atoms with Gasteiger partial charge in [0.05, 0.1) is 28.0 Å². The van der Waals surface area contributed by atoms with Gasteiger partial charge in [0, 0.05) is 35.8 Å². The van der Waals surface area contributed by atoms with E-state index in [4.69, 9.17) is 28.2 Å². The molecule has 8 nitrogen and oxygen atoms in total. The van der Waals surface area contributed by atoms with E-state index >= 15 is 0 Å². The fraction of sp³-hybridized carbons (Fsp3) is 0.357. The highest BCUT2D eigenvalue weighted by molar-refractivity contribution is 6.42. The number of nitrogens with zero attached hydrogens (tertiary/aromatic N) is 3. The van der Waals surface area contributed by atoms with Gasteiger partial charge in [-0.25, -0.2) is 9.55 Å². The van der Waals surface area contributed by atoms with E-state index in [-0.39, 0.29) is 36.0 Å². The second-order valence-corrected chi connectivity index (χ2v) is 10.5. The molecule has 1 aliphatic heterocycles. The summed E-state index contributed by atoms with van der Waals surface area (Å²) >= 11 is 12.2. The van der Waals surface area contributed by atoms with Crippen LogP contribution in [-0.4, -0.2) is 45.4 Å². The van der Waals surface area contributed by atoms with Gasteiger partial charge >= 0.3 is 0 Å². The number of benzene rings is 2. The number of halogens is 2. The van der Waals surface area contributed by atoms with Crippen LogP contribution in [0.1, 0.15) is 65.2 Å². The molecule has 0 unspecified atom stereocenters. The Kier molecular flexibility index (Phi) is 8.13. The summed E-state index contributed by atoms with van der Waals surface area (Å²) in [7, 11) is 1.58. The highest BCUT2D eigenvalue weighted by Crippen LogP contribution is 2.28. The zero-order valence-electron chi connectivity index (χ0n) is 22.1. The van der Waals surface area contributed by atoms with Crippen molar-refractivity contribution in [3.63, 3.8) is 0 Å². The van der Waals surface area contributed by atoms with Crippen LogP contribution < -0.4 is 16.2 Å². The maximum absolute atomic E-state index is 14.0. The fourth-order valence-electron chi connectivity index (χ4n) is 4.68. The first kappa shape index (κ1) is 27.7. The Bertz CT molecular complexity index is 1470. The van der Waals surface area contributed by atoms with Crippen LogP contribution in [0.25, 0.3) is 5.69 Å². The molecule has 0 saturated carbocycles. The van der Waals surface area contributed by atoms with Crippen LogP contribution in [0.5, 0.6) is 0 Å². The molecule has 0 saturated heterocycles. The summed E-state index contributed by atoms with van der Waals surface area (Å²) in [5, 5.41) is 6.62. The molecule has 1 aromatic heterocycles. The Morgan fingerprint density at radius 2 is 1.82 bits per heavy atom. The predicted molar refractivity (Wildman–Crippen MR) is 151 cm³/mol. The van der Waals surface area contributed by atoms with Crippen molar-refractivity contribution in [1.29, 1.82) is 0 Å². The van der Waals surface area contributed by atoms with Crippen molar-refractivity contribution in [3.8, 4) is 5.69 Å². The number of carbonyl (C=O) groups excluding carboxylic acids is 2. The zero-order valence-corrected chi connectivity index (χ0v) is 23.6. The van der Waals surface area contributed by atoms with Crippen molar-refractivity contribution >= 4 is 41.0 Å². The second-order valence-electron chi connectivity index (χ2n) is 9.69. The van der Waals surface area contributed by atoms with Gasteiger partial charge < -0.3 is 15.5 Å². The molecular weight excluding hydrogens is 525 g/mol. The van der Waals surface area contributed by atoms with Gasteiger partial charge in [-0.1, -0.05) is 30.1 Å². The normalized spacial score (nSPS) is 14.8. The van der Waals surface area contributed by atoms with E-state index in [1.54, 1.807) is 52.9 Å². The third-order valence-electron chi connectivity index (χ3n) is 6.65. The van der Waals surface area contributed by atoms with Gasteiger partial charge in [0.15, 0.2) is 0 Å². The average molecular weight is 556 g/mol. The topological polar surface area (TPSA) is 96.3 Å². The fourth-order valence-corrected chi connectivity index (χ4v) is 4.97. The molecule has 200 valence electrons. The maximum atomic E-state index is 14.0. The molecule has 0 spiro atoms. The quantitative estimate of drug-likeness (QED) is 0.452. The van der Waals surface area contributed by atoms with Crippen molar-refractivity contribution in [2.75, 3.05) is 12.4 Å². The maximum Gasteiger partial charge on any atom is 0.263 e. The number of hydrogen-bond acceptors (Lipinski definition) is 5. The Hall–Kier alpha value is -3.36. The molecule has 0 bridgehead atoms. The van der Waals surface area contributed by atoms with Crippen molar-refractivity contribution in [2.45, 2.75) is 59.2 Å². The Balaban J connectivity index is 1.81. The third kappa shape index (κ3) is 5.28. The lowest BCUT2D eigenvalue weighted by atomic mass is 9.98. The number of carbonyl (C=O) groups is 2. The van der Waals surface area contributed by atoms with Gasteiger partial charge in [0.25, 0.3) is 17.4 Å². The number of anilines is 1. The van der Waals surface area contributed by atoms with Gasteiger partial charge in [-0.05, 0) is 75.6 Å². The van der Waals surface area contributed by atoms with E-state index in [1.807, 2.05) is 27.7 Å². The van der Waals surface area contributed by atoms with E-state index in [1.165, 1.54) is 0 Å². The van der Waals surface area contributed by atoms with Gasteiger partial charge in [0.1, 0.15) is 0 Å². The third-order valence-corrected chi connectivity index (χ3v) is 7.39. The van der Waals surface area contributed by atoms with Crippen LogP contribution in [0.15, 0.2) is 41.2 Å². The first-order valence-electron chi connectivity index (χ1n) is 12.6. The zero-order chi connectivity index (χ0) is 27.7. The molecule has 2 N–H and O–H groups in total. The number of amides is 2. The largest absolute Gasteiger partial charge is 0.355 e. The van der Waals surface area contributed by atoms with E-state index in [0.717, 1.165) is 5.56 Å². The molecule has 3 aromatic rings. The molecule has 2 heterocycles. The smallest absolute Gasteiger partial charge is 0.263 e. The Labute approximate surface area is 232 Å². The first-order valence-corrected chi connectivity index (χ1v) is 13.3. The summed E-state index contributed by atoms with van der Waals surface area (Å²) < 4.78 is 1.59. The average Bonchev–Trinajstić information content (AvgIpc) is 2.89. The Morgan fingerprint density at radius 1 is 1.11 bits per heavy atom. The van der Waals surface area contributed by atoms with Crippen LogP contribution in [-0.2, 0) is 19.4 Å². The van der Waals surface area contributed by atoms with Crippen LogP contribution >= 0.6 is 23.2 Å². The van der Waals surface area contributed by atoms with Crippen molar-refractivity contribution in [1.82, 2.24) is 19.8 Å². The standard InChI is InChI=1S/C28H31Cl2N5O3/c1-6-17-12-18(25(36)31-5)8-10-24(17)35-27(38)20-11-16(4)34(14-23(20)33-28(35)32-15(2)3)26(37)19-7-9-21(29)22(30)13-19/h7-10,12-13,15-16H,6,11,14H2,1-5H3,(H,31,36)(H,32,33)/t16-/m1/s1. The molecule has 0 radical (unpaired) electrons. The van der Waals surface area contributed by atoms with Gasteiger partial charge in [-0.2, -0.15) is 0 Å². The summed E-state index contributed by atoms with van der Waals surface area (Å²) in [6.45, 7) is 8.02. The molecule has 4 rings (SSSR count). The molecule has 1 atom stereocenters.